The Bertz CT molecular complexity index is 233. The maximum atomic E-state index is 9.91. The zero-order valence-corrected chi connectivity index (χ0v) is 14.8. The maximum Gasteiger partial charge on any atom is 0.0897 e. The molecule has 1 aliphatic carbocycles. The van der Waals surface area contributed by atoms with Crippen LogP contribution in [0.4, 0.5) is 0 Å². The first-order chi connectivity index (χ1) is 10.2. The second-order valence-electron chi connectivity index (χ2n) is 6.48. The molecular formula is C17H35NO2S. The first kappa shape index (κ1) is 19.3. The number of nitrogens with one attached hydrogen (secondary N) is 1. The van der Waals surface area contributed by atoms with E-state index in [1.54, 1.807) is 0 Å². The molecule has 1 rings (SSSR count). The predicted molar refractivity (Wildman–Crippen MR) is 93.1 cm³/mol. The Kier molecular flexibility index (Phi) is 11.7. The minimum Gasteiger partial charge on any atom is -0.389 e. The summed E-state index contributed by atoms with van der Waals surface area (Å²) in [4.78, 5) is 0. The van der Waals surface area contributed by atoms with Crippen molar-refractivity contribution in [2.24, 2.45) is 5.92 Å². The van der Waals surface area contributed by atoms with Crippen LogP contribution in [-0.4, -0.2) is 49.0 Å². The SMILES string of the molecule is CSCCCCCCNCC(O)COC1CCC(C)CC1. The summed E-state index contributed by atoms with van der Waals surface area (Å²) in [5.74, 6) is 2.14. The van der Waals surface area contributed by atoms with Gasteiger partial charge in [0.1, 0.15) is 0 Å². The van der Waals surface area contributed by atoms with Crippen molar-refractivity contribution < 1.29 is 9.84 Å². The van der Waals surface area contributed by atoms with Crippen LogP contribution in [0, 0.1) is 5.92 Å². The van der Waals surface area contributed by atoms with Gasteiger partial charge in [-0.2, -0.15) is 11.8 Å². The lowest BCUT2D eigenvalue weighted by molar-refractivity contribution is -0.0277. The lowest BCUT2D eigenvalue weighted by Gasteiger charge is -2.27. The molecule has 0 amide bonds. The van der Waals surface area contributed by atoms with Crippen molar-refractivity contribution in [2.45, 2.75) is 70.5 Å². The quantitative estimate of drug-likeness (QED) is 0.541. The van der Waals surface area contributed by atoms with E-state index in [1.165, 1.54) is 44.3 Å². The van der Waals surface area contributed by atoms with Crippen LogP contribution in [0.2, 0.25) is 0 Å². The molecule has 1 saturated carbocycles. The van der Waals surface area contributed by atoms with Crippen LogP contribution in [0.1, 0.15) is 58.3 Å². The number of rotatable bonds is 12. The van der Waals surface area contributed by atoms with E-state index >= 15 is 0 Å². The third-order valence-corrected chi connectivity index (χ3v) is 5.02. The summed E-state index contributed by atoms with van der Waals surface area (Å²) in [6.45, 7) is 4.47. The number of ether oxygens (including phenoxy) is 1. The highest BCUT2D eigenvalue weighted by atomic mass is 32.2. The maximum absolute atomic E-state index is 9.91. The van der Waals surface area contributed by atoms with E-state index in [2.05, 4.69) is 18.5 Å². The van der Waals surface area contributed by atoms with Crippen molar-refractivity contribution in [1.82, 2.24) is 5.32 Å². The molecule has 0 heterocycles. The summed E-state index contributed by atoms with van der Waals surface area (Å²) in [6.07, 6.45) is 12.2. The molecule has 2 N–H and O–H groups in total. The van der Waals surface area contributed by atoms with Gasteiger partial charge < -0.3 is 15.2 Å². The summed E-state index contributed by atoms with van der Waals surface area (Å²) >= 11 is 1.93. The van der Waals surface area contributed by atoms with Gasteiger partial charge in [-0.15, -0.1) is 0 Å². The lowest BCUT2D eigenvalue weighted by Crippen LogP contribution is -2.33. The highest BCUT2D eigenvalue weighted by Gasteiger charge is 2.19. The zero-order valence-electron chi connectivity index (χ0n) is 14.0. The van der Waals surface area contributed by atoms with Crippen LogP contribution in [0.25, 0.3) is 0 Å². The summed E-state index contributed by atoms with van der Waals surface area (Å²) in [5.41, 5.74) is 0. The fourth-order valence-corrected chi connectivity index (χ4v) is 3.31. The zero-order chi connectivity index (χ0) is 15.3. The minimum atomic E-state index is -0.360. The molecular weight excluding hydrogens is 282 g/mol. The van der Waals surface area contributed by atoms with Crippen LogP contribution in [-0.2, 0) is 4.74 Å². The molecule has 0 aromatic rings. The summed E-state index contributed by atoms with van der Waals surface area (Å²) < 4.78 is 5.82. The van der Waals surface area contributed by atoms with Crippen molar-refractivity contribution in [2.75, 3.05) is 31.7 Å². The van der Waals surface area contributed by atoms with Gasteiger partial charge in [-0.3, -0.25) is 0 Å². The highest BCUT2D eigenvalue weighted by molar-refractivity contribution is 7.98. The van der Waals surface area contributed by atoms with E-state index in [0.29, 0.717) is 19.3 Å². The fourth-order valence-electron chi connectivity index (χ4n) is 2.82. The van der Waals surface area contributed by atoms with E-state index in [-0.39, 0.29) is 6.10 Å². The van der Waals surface area contributed by atoms with Gasteiger partial charge in [0.2, 0.25) is 0 Å². The largest absolute Gasteiger partial charge is 0.389 e. The van der Waals surface area contributed by atoms with Gasteiger partial charge in [-0.05, 0) is 63.0 Å². The number of unbranched alkanes of at least 4 members (excludes halogenated alkanes) is 3. The average molecular weight is 318 g/mol. The molecule has 0 aromatic carbocycles. The van der Waals surface area contributed by atoms with Gasteiger partial charge in [0, 0.05) is 6.54 Å². The average Bonchev–Trinajstić information content (AvgIpc) is 2.49. The van der Waals surface area contributed by atoms with Gasteiger partial charge in [-0.25, -0.2) is 0 Å². The number of hydrogen-bond acceptors (Lipinski definition) is 4. The molecule has 1 fully saturated rings. The van der Waals surface area contributed by atoms with Crippen molar-refractivity contribution >= 4 is 11.8 Å². The van der Waals surface area contributed by atoms with Gasteiger partial charge in [0.05, 0.1) is 18.8 Å². The van der Waals surface area contributed by atoms with E-state index in [4.69, 9.17) is 4.74 Å². The molecule has 1 unspecified atom stereocenters. The summed E-state index contributed by atoms with van der Waals surface area (Å²) in [6, 6.07) is 0. The standard InChI is InChI=1S/C17H35NO2S/c1-15-7-9-17(10-8-15)20-14-16(19)13-18-11-5-3-4-6-12-21-2/h15-19H,3-14H2,1-2H3. The second kappa shape index (κ2) is 12.7. The van der Waals surface area contributed by atoms with Crippen molar-refractivity contribution in [3.8, 4) is 0 Å². The first-order valence-corrected chi connectivity index (χ1v) is 10.1. The number of hydrogen-bond donors (Lipinski definition) is 2. The minimum absolute atomic E-state index is 0.360. The first-order valence-electron chi connectivity index (χ1n) is 8.71. The molecule has 0 saturated heterocycles. The normalized spacial score (nSPS) is 24.1. The fraction of sp³-hybridized carbons (Fsp3) is 1.00. The molecule has 3 nitrogen and oxygen atoms in total. The number of aliphatic hydroxyl groups excluding tert-OH is 1. The van der Waals surface area contributed by atoms with Gasteiger partial charge >= 0.3 is 0 Å². The van der Waals surface area contributed by atoms with Crippen molar-refractivity contribution in [3.63, 3.8) is 0 Å². The molecule has 0 radical (unpaired) electrons. The Labute approximate surface area is 135 Å². The molecule has 4 heteroatoms. The number of aliphatic hydroxyl groups is 1. The van der Waals surface area contributed by atoms with Gasteiger partial charge in [0.15, 0.2) is 0 Å². The van der Waals surface area contributed by atoms with E-state index < -0.39 is 0 Å². The summed E-state index contributed by atoms with van der Waals surface area (Å²) in [7, 11) is 0. The van der Waals surface area contributed by atoms with Crippen LogP contribution in [0.5, 0.6) is 0 Å². The Morgan fingerprint density at radius 3 is 2.57 bits per heavy atom. The lowest BCUT2D eigenvalue weighted by atomic mass is 9.89. The second-order valence-corrected chi connectivity index (χ2v) is 7.47. The molecule has 0 aromatic heterocycles. The van der Waals surface area contributed by atoms with Crippen molar-refractivity contribution in [1.29, 1.82) is 0 Å². The third kappa shape index (κ3) is 10.6. The third-order valence-electron chi connectivity index (χ3n) is 4.32. The van der Waals surface area contributed by atoms with Crippen LogP contribution >= 0.6 is 11.8 Å². The van der Waals surface area contributed by atoms with Crippen LogP contribution < -0.4 is 5.32 Å². The molecule has 0 aliphatic heterocycles. The Balaban J connectivity index is 1.86. The van der Waals surface area contributed by atoms with Gasteiger partial charge in [0.25, 0.3) is 0 Å². The molecule has 21 heavy (non-hydrogen) atoms. The highest BCUT2D eigenvalue weighted by Crippen LogP contribution is 2.25. The smallest absolute Gasteiger partial charge is 0.0897 e. The summed E-state index contributed by atoms with van der Waals surface area (Å²) in [5, 5.41) is 13.2. The predicted octanol–water partition coefficient (Wildman–Crippen LogP) is 3.46. The topological polar surface area (TPSA) is 41.5 Å². The van der Waals surface area contributed by atoms with Crippen molar-refractivity contribution in [3.05, 3.63) is 0 Å². The molecule has 126 valence electrons. The van der Waals surface area contributed by atoms with Crippen LogP contribution in [0.15, 0.2) is 0 Å². The Hall–Kier alpha value is 0.230. The van der Waals surface area contributed by atoms with Gasteiger partial charge in [-0.1, -0.05) is 19.8 Å². The Morgan fingerprint density at radius 1 is 1.14 bits per heavy atom. The Morgan fingerprint density at radius 2 is 1.86 bits per heavy atom. The monoisotopic (exact) mass is 317 g/mol. The molecule has 0 spiro atoms. The van der Waals surface area contributed by atoms with E-state index in [0.717, 1.165) is 25.3 Å². The molecule has 1 atom stereocenters. The number of thioether (sulfide) groups is 1. The van der Waals surface area contributed by atoms with Crippen LogP contribution in [0.3, 0.4) is 0 Å². The molecule has 1 aliphatic rings. The van der Waals surface area contributed by atoms with E-state index in [9.17, 15) is 5.11 Å². The molecule has 0 bridgehead atoms. The van der Waals surface area contributed by atoms with E-state index in [1.807, 2.05) is 11.8 Å².